The Morgan fingerprint density at radius 1 is 1.08 bits per heavy atom. The first-order chi connectivity index (χ1) is 11.6. The molecule has 0 aliphatic carbocycles. The van der Waals surface area contributed by atoms with Gasteiger partial charge in [-0.2, -0.15) is 0 Å². The number of carbonyl (C=O) groups excluding carboxylic acids is 1. The molecule has 0 bridgehead atoms. The summed E-state index contributed by atoms with van der Waals surface area (Å²) in [5.74, 6) is 0.879. The molecule has 2 aromatic carbocycles. The molecule has 24 heavy (non-hydrogen) atoms. The maximum absolute atomic E-state index is 12.1. The van der Waals surface area contributed by atoms with Crippen LogP contribution in [0.5, 0.6) is 11.5 Å². The number of ether oxygens (including phenoxy) is 3. The molecule has 5 nitrogen and oxygen atoms in total. The van der Waals surface area contributed by atoms with Crippen molar-refractivity contribution in [3.8, 4) is 11.5 Å². The van der Waals surface area contributed by atoms with Crippen molar-refractivity contribution in [1.29, 1.82) is 0 Å². The predicted octanol–water partition coefficient (Wildman–Crippen LogP) is 3.70. The summed E-state index contributed by atoms with van der Waals surface area (Å²) in [6.45, 7) is 0. The van der Waals surface area contributed by atoms with Crippen molar-refractivity contribution in [2.24, 2.45) is 4.99 Å². The molecule has 2 aromatic rings. The number of esters is 1. The van der Waals surface area contributed by atoms with Crippen molar-refractivity contribution in [2.45, 2.75) is 0 Å². The molecule has 122 valence electrons. The Hall–Kier alpha value is -2.79. The third-order valence-corrected chi connectivity index (χ3v) is 3.73. The average molecular weight is 344 g/mol. The number of hydrogen-bond acceptors (Lipinski definition) is 5. The first-order valence-corrected chi connectivity index (χ1v) is 7.49. The molecule has 3 rings (SSSR count). The third kappa shape index (κ3) is 3.26. The Bertz CT molecular complexity index is 836. The number of rotatable bonds is 4. The van der Waals surface area contributed by atoms with Gasteiger partial charge in [0.1, 0.15) is 11.5 Å². The lowest BCUT2D eigenvalue weighted by atomic mass is 10.1. The molecule has 0 N–H and O–H groups in total. The van der Waals surface area contributed by atoms with E-state index in [0.717, 1.165) is 0 Å². The van der Waals surface area contributed by atoms with E-state index < -0.39 is 5.97 Å². The van der Waals surface area contributed by atoms with Gasteiger partial charge < -0.3 is 14.2 Å². The van der Waals surface area contributed by atoms with Crippen molar-refractivity contribution >= 4 is 29.5 Å². The van der Waals surface area contributed by atoms with Gasteiger partial charge in [0.15, 0.2) is 5.70 Å². The van der Waals surface area contributed by atoms with Crippen molar-refractivity contribution in [2.75, 3.05) is 14.2 Å². The Morgan fingerprint density at radius 3 is 2.38 bits per heavy atom. The molecule has 0 atom stereocenters. The van der Waals surface area contributed by atoms with Crippen LogP contribution in [-0.4, -0.2) is 26.1 Å². The lowest BCUT2D eigenvalue weighted by molar-refractivity contribution is -0.129. The molecule has 0 saturated heterocycles. The summed E-state index contributed by atoms with van der Waals surface area (Å²) < 4.78 is 15.7. The second-order valence-electron chi connectivity index (χ2n) is 4.96. The second-order valence-corrected chi connectivity index (χ2v) is 5.37. The van der Waals surface area contributed by atoms with Crippen LogP contribution in [0.1, 0.15) is 11.1 Å². The van der Waals surface area contributed by atoms with Crippen LogP contribution in [0.15, 0.2) is 53.2 Å². The number of cyclic esters (lactones) is 1. The molecule has 6 heteroatoms. The highest BCUT2D eigenvalue weighted by molar-refractivity contribution is 6.34. The van der Waals surface area contributed by atoms with Crippen molar-refractivity contribution in [3.05, 3.63) is 64.3 Å². The first kappa shape index (κ1) is 16.1. The van der Waals surface area contributed by atoms with Crippen LogP contribution in [0.3, 0.4) is 0 Å². The van der Waals surface area contributed by atoms with Crippen molar-refractivity contribution in [1.82, 2.24) is 0 Å². The van der Waals surface area contributed by atoms with Gasteiger partial charge in [-0.1, -0.05) is 23.7 Å². The van der Waals surface area contributed by atoms with E-state index in [1.807, 2.05) is 0 Å². The predicted molar refractivity (Wildman–Crippen MR) is 91.6 cm³/mol. The monoisotopic (exact) mass is 343 g/mol. The van der Waals surface area contributed by atoms with E-state index in [-0.39, 0.29) is 11.6 Å². The smallest absolute Gasteiger partial charge is 0.363 e. The zero-order valence-electron chi connectivity index (χ0n) is 13.1. The molecular weight excluding hydrogens is 330 g/mol. The third-order valence-electron chi connectivity index (χ3n) is 3.40. The zero-order chi connectivity index (χ0) is 17.1. The van der Waals surface area contributed by atoms with E-state index in [9.17, 15) is 4.79 Å². The van der Waals surface area contributed by atoms with Crippen LogP contribution in [0, 0.1) is 0 Å². The maximum Gasteiger partial charge on any atom is 0.363 e. The number of aliphatic imine (C=N–C) groups is 1. The number of nitrogens with zero attached hydrogens (tertiary/aromatic N) is 1. The molecule has 1 aliphatic rings. The van der Waals surface area contributed by atoms with E-state index in [2.05, 4.69) is 4.99 Å². The summed E-state index contributed by atoms with van der Waals surface area (Å²) >= 11 is 6.11. The Labute approximate surface area is 144 Å². The van der Waals surface area contributed by atoms with Crippen molar-refractivity contribution < 1.29 is 19.0 Å². The van der Waals surface area contributed by atoms with E-state index in [4.69, 9.17) is 25.8 Å². The Balaban J connectivity index is 1.99. The van der Waals surface area contributed by atoms with Gasteiger partial charge in [0.2, 0.25) is 5.90 Å². The van der Waals surface area contributed by atoms with Crippen LogP contribution < -0.4 is 9.47 Å². The van der Waals surface area contributed by atoms with Gasteiger partial charge in [0.25, 0.3) is 0 Å². The fraction of sp³-hybridized carbons (Fsp3) is 0.111. The van der Waals surface area contributed by atoms with Crippen LogP contribution in [-0.2, 0) is 9.53 Å². The van der Waals surface area contributed by atoms with Crippen LogP contribution in [0.4, 0.5) is 0 Å². The molecule has 0 unspecified atom stereocenters. The second kappa shape index (κ2) is 6.76. The topological polar surface area (TPSA) is 57.1 Å². The highest BCUT2D eigenvalue weighted by atomic mass is 35.5. The van der Waals surface area contributed by atoms with E-state index in [1.54, 1.807) is 62.8 Å². The van der Waals surface area contributed by atoms with Gasteiger partial charge in [-0.3, -0.25) is 0 Å². The van der Waals surface area contributed by atoms with Crippen LogP contribution in [0.2, 0.25) is 5.02 Å². The highest BCUT2D eigenvalue weighted by Crippen LogP contribution is 2.27. The van der Waals surface area contributed by atoms with Crippen LogP contribution in [0.25, 0.3) is 6.08 Å². The number of methoxy groups -OCH3 is 2. The van der Waals surface area contributed by atoms with Gasteiger partial charge in [0, 0.05) is 6.07 Å². The molecule has 0 radical (unpaired) electrons. The summed E-state index contributed by atoms with van der Waals surface area (Å²) in [4.78, 5) is 16.3. The quantitative estimate of drug-likeness (QED) is 0.627. The number of halogens is 1. The van der Waals surface area contributed by atoms with Crippen LogP contribution >= 0.6 is 11.6 Å². The minimum atomic E-state index is -0.535. The van der Waals surface area contributed by atoms with Gasteiger partial charge in [0.05, 0.1) is 24.8 Å². The minimum absolute atomic E-state index is 0.181. The fourth-order valence-corrected chi connectivity index (χ4v) is 2.45. The molecule has 0 aromatic heterocycles. The normalized spacial score (nSPS) is 15.2. The van der Waals surface area contributed by atoms with Crippen molar-refractivity contribution in [3.63, 3.8) is 0 Å². The largest absolute Gasteiger partial charge is 0.497 e. The van der Waals surface area contributed by atoms with E-state index in [1.165, 1.54) is 0 Å². The number of hydrogen-bond donors (Lipinski definition) is 0. The zero-order valence-corrected chi connectivity index (χ0v) is 13.8. The summed E-state index contributed by atoms with van der Waals surface area (Å²) in [6.07, 6.45) is 1.61. The Kier molecular flexibility index (Phi) is 4.53. The average Bonchev–Trinajstić information content (AvgIpc) is 2.95. The van der Waals surface area contributed by atoms with Gasteiger partial charge in [-0.15, -0.1) is 0 Å². The number of benzene rings is 2. The van der Waals surface area contributed by atoms with E-state index in [0.29, 0.717) is 27.6 Å². The van der Waals surface area contributed by atoms with E-state index >= 15 is 0 Å². The molecular formula is C18H14ClNO4. The van der Waals surface area contributed by atoms with Gasteiger partial charge in [-0.25, -0.2) is 9.79 Å². The summed E-state index contributed by atoms with van der Waals surface area (Å²) in [5.41, 5.74) is 1.46. The fourth-order valence-electron chi connectivity index (χ4n) is 2.23. The molecule has 1 heterocycles. The first-order valence-electron chi connectivity index (χ1n) is 7.11. The summed E-state index contributed by atoms with van der Waals surface area (Å²) in [7, 11) is 3.12. The van der Waals surface area contributed by atoms with Gasteiger partial charge in [-0.05, 0) is 35.9 Å². The summed E-state index contributed by atoms with van der Waals surface area (Å²) in [6, 6.07) is 12.3. The Morgan fingerprint density at radius 2 is 1.75 bits per heavy atom. The summed E-state index contributed by atoms with van der Waals surface area (Å²) in [5, 5.41) is 0.466. The minimum Gasteiger partial charge on any atom is -0.497 e. The molecule has 0 spiro atoms. The maximum atomic E-state index is 12.1. The standard InChI is InChI=1S/C18H14ClNO4/c1-22-12-7-11(8-13(10-12)23-2)9-16-18(21)24-17(20-16)14-5-3-4-6-15(14)19/h3-10H,1-2H3. The SMILES string of the molecule is COc1cc(C=C2N=C(c3ccccc3Cl)OC2=O)cc(OC)c1. The van der Waals surface area contributed by atoms with Gasteiger partial charge >= 0.3 is 5.97 Å². The lowest BCUT2D eigenvalue weighted by Gasteiger charge is -2.05. The highest BCUT2D eigenvalue weighted by Gasteiger charge is 2.25. The molecule has 0 fully saturated rings. The molecule has 0 amide bonds. The number of carbonyl (C=O) groups is 1. The molecule has 1 aliphatic heterocycles. The lowest BCUT2D eigenvalue weighted by Crippen LogP contribution is -2.05. The molecule has 0 saturated carbocycles.